The van der Waals surface area contributed by atoms with Crippen molar-refractivity contribution in [2.75, 3.05) is 6.61 Å². The zero-order chi connectivity index (χ0) is 21.9. The van der Waals surface area contributed by atoms with Crippen molar-refractivity contribution in [3.05, 3.63) is 107 Å². The lowest BCUT2D eigenvalue weighted by molar-refractivity contribution is 0.288. The van der Waals surface area contributed by atoms with E-state index >= 15 is 0 Å². The summed E-state index contributed by atoms with van der Waals surface area (Å²) in [6, 6.07) is 16.7. The van der Waals surface area contributed by atoms with Crippen molar-refractivity contribution in [1.82, 2.24) is 0 Å². The first-order valence-electron chi connectivity index (χ1n) is 10.2. The van der Waals surface area contributed by atoms with Crippen LogP contribution in [-0.4, -0.2) is 22.6 Å². The van der Waals surface area contributed by atoms with Crippen LogP contribution in [0.5, 0.6) is 0 Å². The van der Waals surface area contributed by atoms with Crippen molar-refractivity contribution in [3.8, 4) is 0 Å². The third-order valence-electron chi connectivity index (χ3n) is 5.07. The van der Waals surface area contributed by atoms with Crippen LogP contribution in [0.15, 0.2) is 89.8 Å². The minimum Gasteiger partial charge on any atom is -0.411 e. The fraction of sp³-hybridized carbons (Fsp3) is 0.269. The first-order valence-corrected chi connectivity index (χ1v) is 10.2. The molecule has 0 saturated carbocycles. The number of aliphatic hydroxyl groups is 1. The molecule has 0 aliphatic carbocycles. The summed E-state index contributed by atoms with van der Waals surface area (Å²) in [5, 5.41) is 22.6. The molecule has 30 heavy (non-hydrogen) atoms. The second-order valence-corrected chi connectivity index (χ2v) is 7.48. The van der Waals surface area contributed by atoms with E-state index in [2.05, 4.69) is 49.0 Å². The summed E-state index contributed by atoms with van der Waals surface area (Å²) in [5.74, 6) is 0.00544. The van der Waals surface area contributed by atoms with Gasteiger partial charge in [0.05, 0.1) is 5.71 Å². The van der Waals surface area contributed by atoms with E-state index in [1.54, 1.807) is 25.2 Å². The Morgan fingerprint density at radius 1 is 1.20 bits per heavy atom. The third-order valence-corrected chi connectivity index (χ3v) is 5.07. The van der Waals surface area contributed by atoms with Gasteiger partial charge < -0.3 is 16.0 Å². The standard InChI is InChI=1S/C26H32N2O2/c1-4-9-23(16-20(3)27)26(28-30)18-25(24-14-6-5-10-19(24)2)22-13-7-11-21(17-22)12-8-15-29/h4-7,9-11,13-14,16-17,25,29-30H,1,8,12,15,18,27H2,2-3H3/b20-16-,23-9+,28-26+. The normalized spacial score (nSPS) is 13.9. The van der Waals surface area contributed by atoms with E-state index in [1.165, 1.54) is 16.7 Å². The highest BCUT2D eigenvalue weighted by molar-refractivity contribution is 6.03. The number of aryl methyl sites for hydroxylation is 2. The van der Waals surface area contributed by atoms with E-state index in [-0.39, 0.29) is 12.5 Å². The number of nitrogens with zero attached hydrogens (tertiary/aromatic N) is 1. The van der Waals surface area contributed by atoms with Gasteiger partial charge in [-0.1, -0.05) is 72.4 Å². The van der Waals surface area contributed by atoms with Gasteiger partial charge in [0.2, 0.25) is 0 Å². The maximum absolute atomic E-state index is 9.83. The Balaban J connectivity index is 2.52. The molecule has 0 aliphatic rings. The van der Waals surface area contributed by atoms with Gasteiger partial charge in [-0.15, -0.1) is 0 Å². The Bertz CT molecular complexity index is 938. The largest absolute Gasteiger partial charge is 0.411 e. The van der Waals surface area contributed by atoms with Crippen LogP contribution in [0.1, 0.15) is 47.9 Å². The first kappa shape index (κ1) is 23.2. The number of allylic oxidation sites excluding steroid dienone is 5. The molecule has 4 heteroatoms. The predicted octanol–water partition coefficient (Wildman–Crippen LogP) is 5.25. The van der Waals surface area contributed by atoms with E-state index in [1.807, 2.05) is 18.2 Å². The average molecular weight is 405 g/mol. The molecular formula is C26H32N2O2. The van der Waals surface area contributed by atoms with Crippen molar-refractivity contribution < 1.29 is 10.3 Å². The summed E-state index contributed by atoms with van der Waals surface area (Å²) in [4.78, 5) is 0. The summed E-state index contributed by atoms with van der Waals surface area (Å²) in [7, 11) is 0. The molecule has 0 aromatic heterocycles. The number of rotatable bonds is 10. The molecule has 0 spiro atoms. The average Bonchev–Trinajstić information content (AvgIpc) is 2.73. The SMILES string of the molecule is C=C/C=C(\C=C(\C)N)C(/CC(c1cccc(CCCO)c1)c1ccccc1C)=N/O. The summed E-state index contributed by atoms with van der Waals surface area (Å²) >= 11 is 0. The molecule has 0 saturated heterocycles. The van der Waals surface area contributed by atoms with Gasteiger partial charge in [0.1, 0.15) is 0 Å². The fourth-order valence-electron chi connectivity index (χ4n) is 3.64. The number of nitrogens with two attached hydrogens (primary N) is 1. The molecule has 2 aromatic carbocycles. The lowest BCUT2D eigenvalue weighted by Gasteiger charge is -2.22. The van der Waals surface area contributed by atoms with Crippen LogP contribution in [0, 0.1) is 6.92 Å². The summed E-state index contributed by atoms with van der Waals surface area (Å²) in [6.45, 7) is 7.84. The molecule has 158 valence electrons. The van der Waals surface area contributed by atoms with Gasteiger partial charge in [0, 0.05) is 30.2 Å². The summed E-state index contributed by atoms with van der Waals surface area (Å²) in [6.07, 6.45) is 7.32. The van der Waals surface area contributed by atoms with Gasteiger partial charge >= 0.3 is 0 Å². The van der Waals surface area contributed by atoms with Gasteiger partial charge in [0.15, 0.2) is 0 Å². The van der Waals surface area contributed by atoms with Crippen molar-refractivity contribution in [2.24, 2.45) is 10.9 Å². The minimum absolute atomic E-state index is 0.00544. The van der Waals surface area contributed by atoms with Crippen LogP contribution >= 0.6 is 0 Å². The van der Waals surface area contributed by atoms with Gasteiger partial charge in [-0.25, -0.2) is 0 Å². The van der Waals surface area contributed by atoms with Gasteiger partial charge in [0.25, 0.3) is 0 Å². The van der Waals surface area contributed by atoms with Crippen LogP contribution in [0.3, 0.4) is 0 Å². The van der Waals surface area contributed by atoms with Crippen LogP contribution < -0.4 is 5.73 Å². The van der Waals surface area contributed by atoms with Gasteiger partial charge in [-0.2, -0.15) is 0 Å². The Morgan fingerprint density at radius 3 is 2.60 bits per heavy atom. The molecular weight excluding hydrogens is 372 g/mol. The van der Waals surface area contributed by atoms with Crippen LogP contribution in [0.25, 0.3) is 0 Å². The predicted molar refractivity (Wildman–Crippen MR) is 125 cm³/mol. The highest BCUT2D eigenvalue weighted by Gasteiger charge is 2.21. The van der Waals surface area contributed by atoms with Crippen molar-refractivity contribution >= 4 is 5.71 Å². The monoisotopic (exact) mass is 404 g/mol. The van der Waals surface area contributed by atoms with E-state index in [0.29, 0.717) is 17.8 Å². The fourth-order valence-corrected chi connectivity index (χ4v) is 3.64. The first-order chi connectivity index (χ1) is 14.5. The molecule has 0 aliphatic heterocycles. The Kier molecular flexibility index (Phi) is 9.10. The topological polar surface area (TPSA) is 78.8 Å². The smallest absolute Gasteiger partial charge is 0.0877 e. The van der Waals surface area contributed by atoms with E-state index < -0.39 is 0 Å². The third kappa shape index (κ3) is 6.46. The molecule has 0 fully saturated rings. The zero-order valence-corrected chi connectivity index (χ0v) is 17.9. The molecule has 1 unspecified atom stereocenters. The summed E-state index contributed by atoms with van der Waals surface area (Å²) < 4.78 is 0. The molecule has 4 N–H and O–H groups in total. The molecule has 0 amide bonds. The maximum Gasteiger partial charge on any atom is 0.0877 e. The number of hydrogen-bond donors (Lipinski definition) is 3. The van der Waals surface area contributed by atoms with E-state index in [4.69, 9.17) is 5.73 Å². The van der Waals surface area contributed by atoms with Crippen LogP contribution in [-0.2, 0) is 6.42 Å². The van der Waals surface area contributed by atoms with Crippen molar-refractivity contribution in [3.63, 3.8) is 0 Å². The number of hydrogen-bond acceptors (Lipinski definition) is 4. The molecule has 2 rings (SSSR count). The summed E-state index contributed by atoms with van der Waals surface area (Å²) in [5.41, 5.74) is 12.5. The van der Waals surface area contributed by atoms with Crippen molar-refractivity contribution in [2.45, 2.75) is 39.0 Å². The zero-order valence-electron chi connectivity index (χ0n) is 17.9. The lowest BCUT2D eigenvalue weighted by Crippen LogP contribution is -2.13. The van der Waals surface area contributed by atoms with Gasteiger partial charge in [-0.3, -0.25) is 0 Å². The van der Waals surface area contributed by atoms with Gasteiger partial charge in [-0.05, 0) is 55.0 Å². The maximum atomic E-state index is 9.83. The van der Waals surface area contributed by atoms with Crippen LogP contribution in [0.4, 0.5) is 0 Å². The Hall–Kier alpha value is -3.11. The number of aliphatic hydroxyl groups excluding tert-OH is 1. The molecule has 0 heterocycles. The van der Waals surface area contributed by atoms with Crippen LogP contribution in [0.2, 0.25) is 0 Å². The quantitative estimate of drug-likeness (QED) is 0.219. The number of oxime groups is 1. The molecule has 0 radical (unpaired) electrons. The van der Waals surface area contributed by atoms with Crippen molar-refractivity contribution in [1.29, 1.82) is 0 Å². The molecule has 0 bridgehead atoms. The second-order valence-electron chi connectivity index (χ2n) is 7.48. The minimum atomic E-state index is 0.00544. The van der Waals surface area contributed by atoms with E-state index in [0.717, 1.165) is 24.0 Å². The molecule has 4 nitrogen and oxygen atoms in total. The molecule has 1 atom stereocenters. The van der Waals surface area contributed by atoms with E-state index in [9.17, 15) is 10.3 Å². The lowest BCUT2D eigenvalue weighted by atomic mass is 9.82. The highest BCUT2D eigenvalue weighted by atomic mass is 16.4. The highest BCUT2D eigenvalue weighted by Crippen LogP contribution is 2.32. The second kappa shape index (κ2) is 11.8. The Labute approximate surface area is 179 Å². The number of benzene rings is 2. The Morgan fingerprint density at radius 2 is 1.97 bits per heavy atom. The molecule has 2 aromatic rings.